The van der Waals surface area contributed by atoms with Gasteiger partial charge in [0.05, 0.1) is 5.69 Å². The molecule has 2 unspecified atom stereocenters. The van der Waals surface area contributed by atoms with Gasteiger partial charge in [-0.25, -0.2) is 4.98 Å². The van der Waals surface area contributed by atoms with Crippen molar-refractivity contribution in [2.45, 2.75) is 47.1 Å². The second-order valence-corrected chi connectivity index (χ2v) is 7.14. The van der Waals surface area contributed by atoms with Gasteiger partial charge in [-0.3, -0.25) is 4.79 Å². The smallest absolute Gasteiger partial charge is 0.229 e. The lowest BCUT2D eigenvalue weighted by Crippen LogP contribution is -2.14. The number of rotatable bonds is 5. The molecule has 2 aromatic rings. The van der Waals surface area contributed by atoms with Gasteiger partial charge in [-0.2, -0.15) is 0 Å². The molecule has 5 heteroatoms. The molecular weight excluding hydrogens is 294 g/mol. The molecule has 2 aromatic heterocycles. The van der Waals surface area contributed by atoms with Crippen LogP contribution >= 0.6 is 11.3 Å². The van der Waals surface area contributed by atoms with E-state index in [-0.39, 0.29) is 11.8 Å². The molecule has 3 rings (SSSR count). The van der Waals surface area contributed by atoms with Crippen LogP contribution in [0.5, 0.6) is 0 Å². The molecule has 118 valence electrons. The first-order valence-electron chi connectivity index (χ1n) is 7.94. The number of carbonyl (C=O) groups excluding carboxylic acids is 1. The topological polar surface area (TPSA) is 46.9 Å². The van der Waals surface area contributed by atoms with E-state index >= 15 is 0 Å². The van der Waals surface area contributed by atoms with E-state index in [2.05, 4.69) is 48.6 Å². The Kier molecular flexibility index (Phi) is 4.08. The number of aryl methyl sites for hydroxylation is 1. The van der Waals surface area contributed by atoms with E-state index < -0.39 is 0 Å². The standard InChI is InChI=1S/C17H23N3OS/c1-5-6-20-11(3)8-14(12(20)4)15-9-22-17(18-15)19-16(21)13-7-10(13)2/h8-10,13H,5-7H2,1-4H3,(H,18,19,21). The van der Waals surface area contributed by atoms with Gasteiger partial charge in [0.1, 0.15) is 0 Å². The average Bonchev–Trinajstić information content (AvgIpc) is 2.92. The van der Waals surface area contributed by atoms with Crippen LogP contribution in [0.25, 0.3) is 11.3 Å². The second kappa shape index (κ2) is 5.88. The third kappa shape index (κ3) is 2.82. The Labute approximate surface area is 135 Å². The number of amides is 1. The Balaban J connectivity index is 1.79. The van der Waals surface area contributed by atoms with Gasteiger partial charge in [-0.05, 0) is 38.7 Å². The molecule has 22 heavy (non-hydrogen) atoms. The van der Waals surface area contributed by atoms with E-state index in [0.717, 1.165) is 25.1 Å². The minimum Gasteiger partial charge on any atom is -0.348 e. The molecular formula is C17H23N3OS. The first-order chi connectivity index (χ1) is 10.5. The first kappa shape index (κ1) is 15.3. The molecule has 0 bridgehead atoms. The largest absolute Gasteiger partial charge is 0.348 e. The molecule has 4 nitrogen and oxygen atoms in total. The minimum atomic E-state index is 0.116. The lowest BCUT2D eigenvalue weighted by atomic mass is 10.2. The highest BCUT2D eigenvalue weighted by atomic mass is 32.1. The number of aromatic nitrogens is 2. The summed E-state index contributed by atoms with van der Waals surface area (Å²) in [6, 6.07) is 2.19. The molecule has 1 aliphatic rings. The van der Waals surface area contributed by atoms with Crippen LogP contribution in [0.4, 0.5) is 5.13 Å². The number of nitrogens with one attached hydrogen (secondary N) is 1. The maximum atomic E-state index is 12.0. The molecule has 0 radical (unpaired) electrons. The van der Waals surface area contributed by atoms with Crippen LogP contribution in [-0.4, -0.2) is 15.5 Å². The van der Waals surface area contributed by atoms with Gasteiger partial charge in [0, 0.05) is 34.8 Å². The summed E-state index contributed by atoms with van der Waals surface area (Å²) in [5.74, 6) is 0.819. The van der Waals surface area contributed by atoms with E-state index in [1.54, 1.807) is 0 Å². The van der Waals surface area contributed by atoms with Crippen molar-refractivity contribution in [1.29, 1.82) is 0 Å². The Bertz CT molecular complexity index is 701. The lowest BCUT2D eigenvalue weighted by Gasteiger charge is -2.07. The number of hydrogen-bond donors (Lipinski definition) is 1. The summed E-state index contributed by atoms with van der Waals surface area (Å²) in [6.07, 6.45) is 2.12. The van der Waals surface area contributed by atoms with Crippen molar-refractivity contribution < 1.29 is 4.79 Å². The summed E-state index contributed by atoms with van der Waals surface area (Å²) in [4.78, 5) is 16.6. The quantitative estimate of drug-likeness (QED) is 0.897. The van der Waals surface area contributed by atoms with Gasteiger partial charge in [-0.1, -0.05) is 13.8 Å². The summed E-state index contributed by atoms with van der Waals surface area (Å²) in [7, 11) is 0. The van der Waals surface area contributed by atoms with Crippen LogP contribution in [0.2, 0.25) is 0 Å². The zero-order valence-electron chi connectivity index (χ0n) is 13.6. The molecule has 1 N–H and O–H groups in total. The summed E-state index contributed by atoms with van der Waals surface area (Å²) < 4.78 is 2.33. The van der Waals surface area contributed by atoms with Gasteiger partial charge in [-0.15, -0.1) is 11.3 Å². The molecule has 0 aromatic carbocycles. The van der Waals surface area contributed by atoms with Crippen LogP contribution in [0, 0.1) is 25.7 Å². The van der Waals surface area contributed by atoms with Crippen molar-refractivity contribution in [2.75, 3.05) is 5.32 Å². The second-order valence-electron chi connectivity index (χ2n) is 6.28. The normalized spacial score (nSPS) is 20.2. The zero-order chi connectivity index (χ0) is 15.9. The maximum Gasteiger partial charge on any atom is 0.229 e. The summed E-state index contributed by atoms with van der Waals surface area (Å²) in [5.41, 5.74) is 4.64. The molecule has 0 aliphatic heterocycles. The van der Waals surface area contributed by atoms with Crippen LogP contribution < -0.4 is 5.32 Å². The Morgan fingerprint density at radius 1 is 1.50 bits per heavy atom. The molecule has 1 amide bonds. The Hall–Kier alpha value is -1.62. The van der Waals surface area contributed by atoms with E-state index in [0.29, 0.717) is 11.0 Å². The number of carbonyl (C=O) groups is 1. The van der Waals surface area contributed by atoms with E-state index in [1.807, 2.05) is 5.38 Å². The van der Waals surface area contributed by atoms with Crippen molar-refractivity contribution in [1.82, 2.24) is 9.55 Å². The monoisotopic (exact) mass is 317 g/mol. The summed E-state index contributed by atoms with van der Waals surface area (Å²) >= 11 is 1.50. The number of thiazole rings is 1. The third-order valence-electron chi connectivity index (χ3n) is 4.48. The zero-order valence-corrected chi connectivity index (χ0v) is 14.5. The molecule has 0 spiro atoms. The minimum absolute atomic E-state index is 0.116. The molecule has 0 saturated heterocycles. The van der Waals surface area contributed by atoms with E-state index in [9.17, 15) is 4.79 Å². The van der Waals surface area contributed by atoms with Gasteiger partial charge < -0.3 is 9.88 Å². The van der Waals surface area contributed by atoms with E-state index in [4.69, 9.17) is 0 Å². The molecule has 1 aliphatic carbocycles. The first-order valence-corrected chi connectivity index (χ1v) is 8.82. The highest BCUT2D eigenvalue weighted by Crippen LogP contribution is 2.39. The van der Waals surface area contributed by atoms with Crippen LogP contribution in [0.1, 0.15) is 38.1 Å². The molecule has 1 fully saturated rings. The van der Waals surface area contributed by atoms with Crippen molar-refractivity contribution in [3.05, 3.63) is 22.8 Å². The highest BCUT2D eigenvalue weighted by molar-refractivity contribution is 7.14. The average molecular weight is 317 g/mol. The van der Waals surface area contributed by atoms with Crippen molar-refractivity contribution in [3.63, 3.8) is 0 Å². The lowest BCUT2D eigenvalue weighted by molar-refractivity contribution is -0.117. The van der Waals surface area contributed by atoms with Crippen LogP contribution in [0.3, 0.4) is 0 Å². The van der Waals surface area contributed by atoms with E-state index in [1.165, 1.54) is 28.3 Å². The predicted molar refractivity (Wildman–Crippen MR) is 91.2 cm³/mol. The fourth-order valence-corrected chi connectivity index (χ4v) is 3.68. The third-order valence-corrected chi connectivity index (χ3v) is 5.24. The van der Waals surface area contributed by atoms with Gasteiger partial charge in [0.2, 0.25) is 5.91 Å². The number of nitrogens with zero attached hydrogens (tertiary/aromatic N) is 2. The Morgan fingerprint density at radius 2 is 2.23 bits per heavy atom. The van der Waals surface area contributed by atoms with Gasteiger partial charge >= 0.3 is 0 Å². The maximum absolute atomic E-state index is 12.0. The summed E-state index contributed by atoms with van der Waals surface area (Å²) in [6.45, 7) is 9.61. The van der Waals surface area contributed by atoms with Crippen LogP contribution in [0.15, 0.2) is 11.4 Å². The van der Waals surface area contributed by atoms with Crippen molar-refractivity contribution in [3.8, 4) is 11.3 Å². The predicted octanol–water partition coefficient (Wildman–Crippen LogP) is 4.23. The van der Waals surface area contributed by atoms with Crippen molar-refractivity contribution >= 4 is 22.4 Å². The number of anilines is 1. The number of hydrogen-bond acceptors (Lipinski definition) is 3. The van der Waals surface area contributed by atoms with Gasteiger partial charge in [0.25, 0.3) is 0 Å². The molecule has 1 saturated carbocycles. The Morgan fingerprint density at radius 3 is 2.86 bits per heavy atom. The fourth-order valence-electron chi connectivity index (χ4n) is 2.97. The van der Waals surface area contributed by atoms with Gasteiger partial charge in [0.15, 0.2) is 5.13 Å². The SMILES string of the molecule is CCCn1c(C)cc(-c2csc(NC(=O)C3CC3C)n2)c1C. The van der Waals surface area contributed by atoms with Crippen LogP contribution in [-0.2, 0) is 11.3 Å². The highest BCUT2D eigenvalue weighted by Gasteiger charge is 2.39. The summed E-state index contributed by atoms with van der Waals surface area (Å²) in [5, 5.41) is 5.69. The molecule has 2 atom stereocenters. The molecule has 2 heterocycles. The van der Waals surface area contributed by atoms with Crippen molar-refractivity contribution in [2.24, 2.45) is 11.8 Å². The fraction of sp³-hybridized carbons (Fsp3) is 0.529.